The molecule has 3 N–H and O–H groups in total. The molecule has 0 saturated heterocycles. The summed E-state index contributed by atoms with van der Waals surface area (Å²) >= 11 is 0. The molecule has 0 heterocycles. The Kier molecular flexibility index (Phi) is 4.51. The minimum absolute atomic E-state index is 0.00431. The minimum atomic E-state index is -0.374. The first-order valence-corrected chi connectivity index (χ1v) is 6.10. The SMILES string of the molecule is CC1CC(CN)(C(=O)NCCC(=O)N(C)C)C1. The molecule has 1 fully saturated rings. The maximum atomic E-state index is 12.0. The third-order valence-corrected chi connectivity index (χ3v) is 3.47. The van der Waals surface area contributed by atoms with Gasteiger partial charge in [0.15, 0.2) is 0 Å². The van der Waals surface area contributed by atoms with Gasteiger partial charge in [0, 0.05) is 33.6 Å². The second kappa shape index (κ2) is 5.49. The molecule has 1 aliphatic rings. The molecule has 5 heteroatoms. The van der Waals surface area contributed by atoms with Gasteiger partial charge in [0.1, 0.15) is 0 Å². The van der Waals surface area contributed by atoms with Gasteiger partial charge in [0.25, 0.3) is 0 Å². The smallest absolute Gasteiger partial charge is 0.227 e. The van der Waals surface area contributed by atoms with Crippen molar-refractivity contribution < 1.29 is 9.59 Å². The van der Waals surface area contributed by atoms with E-state index in [0.717, 1.165) is 12.8 Å². The molecule has 0 radical (unpaired) electrons. The lowest BCUT2D eigenvalue weighted by molar-refractivity contribution is -0.138. The van der Waals surface area contributed by atoms with Crippen molar-refractivity contribution in [2.24, 2.45) is 17.1 Å². The molecule has 0 aromatic rings. The lowest BCUT2D eigenvalue weighted by Gasteiger charge is -2.44. The van der Waals surface area contributed by atoms with Crippen LogP contribution in [0.3, 0.4) is 0 Å². The Morgan fingerprint density at radius 1 is 1.41 bits per heavy atom. The maximum absolute atomic E-state index is 12.0. The number of carbonyl (C=O) groups is 2. The normalized spacial score (nSPS) is 27.2. The first kappa shape index (κ1) is 14.0. The summed E-state index contributed by atoms with van der Waals surface area (Å²) in [5.41, 5.74) is 5.30. The van der Waals surface area contributed by atoms with Crippen molar-refractivity contribution in [2.75, 3.05) is 27.2 Å². The van der Waals surface area contributed by atoms with E-state index in [0.29, 0.717) is 25.4 Å². The van der Waals surface area contributed by atoms with Crippen molar-refractivity contribution in [3.63, 3.8) is 0 Å². The average Bonchev–Trinajstić information content (AvgIpc) is 2.23. The number of carbonyl (C=O) groups excluding carboxylic acids is 2. The van der Waals surface area contributed by atoms with Gasteiger partial charge in [0.2, 0.25) is 11.8 Å². The number of nitrogens with two attached hydrogens (primary N) is 1. The van der Waals surface area contributed by atoms with Crippen LogP contribution in [-0.4, -0.2) is 43.9 Å². The van der Waals surface area contributed by atoms with E-state index < -0.39 is 0 Å². The molecule has 0 aliphatic heterocycles. The molecule has 17 heavy (non-hydrogen) atoms. The van der Waals surface area contributed by atoms with Crippen LogP contribution in [0.25, 0.3) is 0 Å². The Hall–Kier alpha value is -1.10. The van der Waals surface area contributed by atoms with E-state index in [4.69, 9.17) is 5.73 Å². The van der Waals surface area contributed by atoms with Crippen molar-refractivity contribution in [3.8, 4) is 0 Å². The fraction of sp³-hybridized carbons (Fsp3) is 0.833. The van der Waals surface area contributed by atoms with Crippen molar-refractivity contribution in [3.05, 3.63) is 0 Å². The van der Waals surface area contributed by atoms with E-state index in [9.17, 15) is 9.59 Å². The molecule has 2 amide bonds. The standard InChI is InChI=1S/C12H23N3O2/c1-9-6-12(7-9,8-13)11(17)14-5-4-10(16)15(2)3/h9H,4-8,13H2,1-3H3,(H,14,17). The van der Waals surface area contributed by atoms with Gasteiger partial charge in [-0.1, -0.05) is 6.92 Å². The molecule has 0 spiro atoms. The van der Waals surface area contributed by atoms with Crippen LogP contribution in [0.5, 0.6) is 0 Å². The van der Waals surface area contributed by atoms with Crippen LogP contribution in [0.2, 0.25) is 0 Å². The van der Waals surface area contributed by atoms with Gasteiger partial charge in [-0.2, -0.15) is 0 Å². The second-order valence-electron chi connectivity index (χ2n) is 5.29. The van der Waals surface area contributed by atoms with Crippen LogP contribution >= 0.6 is 0 Å². The van der Waals surface area contributed by atoms with E-state index in [1.807, 2.05) is 0 Å². The molecule has 1 aliphatic carbocycles. The van der Waals surface area contributed by atoms with Crippen LogP contribution in [0, 0.1) is 11.3 Å². The second-order valence-corrected chi connectivity index (χ2v) is 5.29. The van der Waals surface area contributed by atoms with Crippen molar-refractivity contribution in [1.82, 2.24) is 10.2 Å². The van der Waals surface area contributed by atoms with Gasteiger partial charge in [-0.15, -0.1) is 0 Å². The Morgan fingerprint density at radius 3 is 2.41 bits per heavy atom. The zero-order valence-corrected chi connectivity index (χ0v) is 11.0. The number of nitrogens with zero attached hydrogens (tertiary/aromatic N) is 1. The lowest BCUT2D eigenvalue weighted by Crippen LogP contribution is -2.53. The van der Waals surface area contributed by atoms with Crippen LogP contribution < -0.4 is 11.1 Å². The summed E-state index contributed by atoms with van der Waals surface area (Å²) in [7, 11) is 3.41. The minimum Gasteiger partial charge on any atom is -0.355 e. The predicted octanol–water partition coefficient (Wildman–Crippen LogP) is -0.0441. The molecule has 0 atom stereocenters. The summed E-state index contributed by atoms with van der Waals surface area (Å²) < 4.78 is 0. The van der Waals surface area contributed by atoms with Crippen molar-refractivity contribution >= 4 is 11.8 Å². The number of rotatable bonds is 5. The quantitative estimate of drug-likeness (QED) is 0.709. The zero-order valence-electron chi connectivity index (χ0n) is 11.0. The highest BCUT2D eigenvalue weighted by molar-refractivity contribution is 5.84. The first-order chi connectivity index (χ1) is 7.91. The highest BCUT2D eigenvalue weighted by Crippen LogP contribution is 2.44. The molecule has 1 rings (SSSR count). The Labute approximate surface area is 103 Å². The van der Waals surface area contributed by atoms with Crippen molar-refractivity contribution in [1.29, 1.82) is 0 Å². The molecule has 0 aromatic heterocycles. The number of amides is 2. The topological polar surface area (TPSA) is 75.4 Å². The van der Waals surface area contributed by atoms with Crippen LogP contribution in [0.1, 0.15) is 26.2 Å². The summed E-state index contributed by atoms with van der Waals surface area (Å²) in [6, 6.07) is 0. The highest BCUT2D eigenvalue weighted by atomic mass is 16.2. The Balaban J connectivity index is 2.32. The number of nitrogens with one attached hydrogen (secondary N) is 1. The molecule has 1 saturated carbocycles. The first-order valence-electron chi connectivity index (χ1n) is 6.10. The van der Waals surface area contributed by atoms with E-state index >= 15 is 0 Å². The Bertz CT molecular complexity index is 296. The number of hydrogen-bond acceptors (Lipinski definition) is 3. The summed E-state index contributed by atoms with van der Waals surface area (Å²) in [6.07, 6.45) is 2.06. The summed E-state index contributed by atoms with van der Waals surface area (Å²) in [4.78, 5) is 24.8. The Morgan fingerprint density at radius 2 is 2.00 bits per heavy atom. The molecule has 0 unspecified atom stereocenters. The maximum Gasteiger partial charge on any atom is 0.227 e. The van der Waals surface area contributed by atoms with Crippen LogP contribution in [0.4, 0.5) is 0 Å². The molecule has 98 valence electrons. The zero-order chi connectivity index (χ0) is 13.1. The monoisotopic (exact) mass is 241 g/mol. The molecule has 0 aromatic carbocycles. The van der Waals surface area contributed by atoms with E-state index in [1.54, 1.807) is 14.1 Å². The average molecular weight is 241 g/mol. The van der Waals surface area contributed by atoms with Crippen LogP contribution in [0.15, 0.2) is 0 Å². The molecule has 5 nitrogen and oxygen atoms in total. The fourth-order valence-corrected chi connectivity index (χ4v) is 2.41. The van der Waals surface area contributed by atoms with E-state index in [1.165, 1.54) is 4.90 Å². The third-order valence-electron chi connectivity index (χ3n) is 3.47. The van der Waals surface area contributed by atoms with Gasteiger partial charge in [-0.3, -0.25) is 9.59 Å². The fourth-order valence-electron chi connectivity index (χ4n) is 2.41. The largest absolute Gasteiger partial charge is 0.355 e. The predicted molar refractivity (Wildman–Crippen MR) is 66.2 cm³/mol. The molecule has 0 bridgehead atoms. The van der Waals surface area contributed by atoms with Crippen LogP contribution in [-0.2, 0) is 9.59 Å². The van der Waals surface area contributed by atoms with E-state index in [-0.39, 0.29) is 17.2 Å². The molecular formula is C12H23N3O2. The van der Waals surface area contributed by atoms with E-state index in [2.05, 4.69) is 12.2 Å². The summed E-state index contributed by atoms with van der Waals surface area (Å²) in [5.74, 6) is 0.603. The highest BCUT2D eigenvalue weighted by Gasteiger charge is 2.46. The van der Waals surface area contributed by atoms with Crippen molar-refractivity contribution in [2.45, 2.75) is 26.2 Å². The lowest BCUT2D eigenvalue weighted by atomic mass is 9.62. The van der Waals surface area contributed by atoms with Gasteiger partial charge >= 0.3 is 0 Å². The summed E-state index contributed by atoms with van der Waals surface area (Å²) in [5, 5.41) is 2.82. The third kappa shape index (κ3) is 3.19. The van der Waals surface area contributed by atoms with Gasteiger partial charge < -0.3 is 16.0 Å². The summed E-state index contributed by atoms with van der Waals surface area (Å²) in [6.45, 7) is 2.91. The molecular weight excluding hydrogens is 218 g/mol. The van der Waals surface area contributed by atoms with Gasteiger partial charge in [-0.05, 0) is 18.8 Å². The van der Waals surface area contributed by atoms with Gasteiger partial charge in [-0.25, -0.2) is 0 Å². The van der Waals surface area contributed by atoms with Gasteiger partial charge in [0.05, 0.1) is 5.41 Å². The number of hydrogen-bond donors (Lipinski definition) is 2.